The molecule has 9 heteroatoms. The number of halogens is 3. The summed E-state index contributed by atoms with van der Waals surface area (Å²) in [6, 6.07) is 5.83. The zero-order chi connectivity index (χ0) is 22.3. The Labute approximate surface area is 189 Å². The summed E-state index contributed by atoms with van der Waals surface area (Å²) in [4.78, 5) is 0. The van der Waals surface area contributed by atoms with Gasteiger partial charge in [-0.1, -0.05) is 30.0 Å². The summed E-state index contributed by atoms with van der Waals surface area (Å²) in [7, 11) is 1.98. The number of fused-ring (bicyclic) bond motifs is 1. The van der Waals surface area contributed by atoms with Gasteiger partial charge in [0.1, 0.15) is 6.04 Å². The highest BCUT2D eigenvalue weighted by molar-refractivity contribution is 7.99. The molecule has 2 saturated carbocycles. The van der Waals surface area contributed by atoms with E-state index < -0.39 is 11.7 Å². The fraction of sp³-hybridized carbons (Fsp3) is 0.522. The molecule has 0 saturated heterocycles. The van der Waals surface area contributed by atoms with Gasteiger partial charge in [0.15, 0.2) is 11.0 Å². The van der Waals surface area contributed by atoms with Gasteiger partial charge in [-0.25, -0.2) is 0 Å². The molecule has 0 spiro atoms. The van der Waals surface area contributed by atoms with Crippen LogP contribution in [0.5, 0.6) is 0 Å². The van der Waals surface area contributed by atoms with Crippen LogP contribution >= 0.6 is 11.8 Å². The minimum atomic E-state index is -4.27. The lowest BCUT2D eigenvalue weighted by atomic mass is 9.88. The zero-order valence-corrected chi connectivity index (χ0v) is 18.7. The van der Waals surface area contributed by atoms with Crippen molar-refractivity contribution in [2.75, 3.05) is 5.75 Å². The Morgan fingerprint density at radius 1 is 1.19 bits per heavy atom. The van der Waals surface area contributed by atoms with E-state index in [9.17, 15) is 13.2 Å². The van der Waals surface area contributed by atoms with Crippen LogP contribution in [0.15, 0.2) is 46.7 Å². The average molecular weight is 462 g/mol. The molecule has 4 atom stereocenters. The maximum Gasteiger partial charge on any atom is 0.416 e. The molecule has 2 aromatic rings. The van der Waals surface area contributed by atoms with Crippen molar-refractivity contribution >= 4 is 18.0 Å². The topological polar surface area (TPSA) is 55.1 Å². The fourth-order valence-corrected chi connectivity index (χ4v) is 6.27. The largest absolute Gasteiger partial charge is 0.416 e. The molecule has 5 nitrogen and oxygen atoms in total. The normalized spacial score (nSPS) is 28.6. The van der Waals surface area contributed by atoms with E-state index in [4.69, 9.17) is 0 Å². The quantitative estimate of drug-likeness (QED) is 0.451. The monoisotopic (exact) mass is 461 g/mol. The summed E-state index contributed by atoms with van der Waals surface area (Å²) in [6.07, 6.45) is 7.00. The first kappa shape index (κ1) is 21.6. The number of hydrazone groups is 1. The number of allylic oxidation sites excluding steroid dienone is 1. The number of rotatable bonds is 7. The number of benzene rings is 1. The Hall–Kier alpha value is -2.29. The molecule has 2 heterocycles. The van der Waals surface area contributed by atoms with E-state index in [2.05, 4.69) is 20.7 Å². The van der Waals surface area contributed by atoms with Crippen LogP contribution in [0.25, 0.3) is 0 Å². The van der Waals surface area contributed by atoms with Gasteiger partial charge in [-0.3, -0.25) is 5.43 Å². The molecule has 0 amide bonds. The van der Waals surface area contributed by atoms with Crippen molar-refractivity contribution in [1.82, 2.24) is 20.2 Å². The smallest absolute Gasteiger partial charge is 0.307 e. The standard InChI is InChI=1S/C23H26F3N5S/c1-31-20(19-5-2-10-27-28-19)29-30-21(31)32-11-3-4-15-12-18-14-22(18,13-15)16-6-8-17(9-7-16)23(24,25)26/h2,5-10,15,18-19,28H,3-4,11-14H2,1H3. The predicted octanol–water partition coefficient (Wildman–Crippen LogP) is 5.26. The second-order valence-electron chi connectivity index (χ2n) is 9.10. The van der Waals surface area contributed by atoms with Crippen LogP contribution < -0.4 is 5.43 Å². The third kappa shape index (κ3) is 4.07. The van der Waals surface area contributed by atoms with E-state index >= 15 is 0 Å². The maximum absolute atomic E-state index is 12.9. The molecule has 4 unspecified atom stereocenters. The Bertz CT molecular complexity index is 1030. The Kier molecular flexibility index (Phi) is 5.55. The van der Waals surface area contributed by atoms with E-state index in [1.807, 2.05) is 23.8 Å². The SMILES string of the molecule is Cn1c(SCCCC2CC3CC3(c3ccc(C(F)(F)F)cc3)C2)nnc1C1C=CC=NN1. The molecule has 170 valence electrons. The highest BCUT2D eigenvalue weighted by Gasteiger charge is 2.60. The summed E-state index contributed by atoms with van der Waals surface area (Å²) < 4.78 is 40.6. The molecule has 1 aliphatic heterocycles. The van der Waals surface area contributed by atoms with Crippen molar-refractivity contribution < 1.29 is 13.2 Å². The van der Waals surface area contributed by atoms with Crippen LogP contribution in [0.2, 0.25) is 0 Å². The van der Waals surface area contributed by atoms with Crippen LogP contribution in [0, 0.1) is 11.8 Å². The summed E-state index contributed by atoms with van der Waals surface area (Å²) in [5, 5.41) is 13.6. The van der Waals surface area contributed by atoms with Gasteiger partial charge in [0, 0.05) is 19.0 Å². The van der Waals surface area contributed by atoms with E-state index in [1.54, 1.807) is 30.1 Å². The lowest BCUT2D eigenvalue weighted by Gasteiger charge is -2.18. The molecular formula is C23H26F3N5S. The van der Waals surface area contributed by atoms with Crippen molar-refractivity contribution in [2.24, 2.45) is 24.0 Å². The van der Waals surface area contributed by atoms with Crippen LogP contribution in [0.3, 0.4) is 0 Å². The highest BCUT2D eigenvalue weighted by Crippen LogP contribution is 2.66. The Balaban J connectivity index is 1.10. The molecular weight excluding hydrogens is 435 g/mol. The third-order valence-corrected chi connectivity index (χ3v) is 8.21. The van der Waals surface area contributed by atoms with Crippen LogP contribution in [0.1, 0.15) is 55.1 Å². The van der Waals surface area contributed by atoms with Crippen molar-refractivity contribution in [3.05, 3.63) is 53.4 Å². The lowest BCUT2D eigenvalue weighted by Crippen LogP contribution is -2.19. The summed E-state index contributed by atoms with van der Waals surface area (Å²) in [6.45, 7) is 0. The van der Waals surface area contributed by atoms with Crippen molar-refractivity contribution in [1.29, 1.82) is 0 Å². The zero-order valence-electron chi connectivity index (χ0n) is 17.8. The van der Waals surface area contributed by atoms with Gasteiger partial charge < -0.3 is 4.57 Å². The number of nitrogens with zero attached hydrogens (tertiary/aromatic N) is 4. The van der Waals surface area contributed by atoms with Crippen molar-refractivity contribution in [2.45, 2.75) is 54.9 Å². The summed E-state index contributed by atoms with van der Waals surface area (Å²) in [5.74, 6) is 3.11. The van der Waals surface area contributed by atoms with E-state index in [0.717, 1.165) is 48.0 Å². The van der Waals surface area contributed by atoms with Crippen molar-refractivity contribution in [3.63, 3.8) is 0 Å². The molecule has 32 heavy (non-hydrogen) atoms. The molecule has 1 N–H and O–H groups in total. The molecule has 0 radical (unpaired) electrons. The van der Waals surface area contributed by atoms with Crippen LogP contribution in [-0.4, -0.2) is 26.7 Å². The van der Waals surface area contributed by atoms with Gasteiger partial charge in [0.25, 0.3) is 0 Å². The number of nitrogens with one attached hydrogen (secondary N) is 1. The molecule has 5 rings (SSSR count). The molecule has 0 bridgehead atoms. The number of hydrogen-bond acceptors (Lipinski definition) is 5. The summed E-state index contributed by atoms with van der Waals surface area (Å²) in [5.41, 5.74) is 3.68. The van der Waals surface area contributed by atoms with Gasteiger partial charge in [0.2, 0.25) is 0 Å². The first-order valence-corrected chi connectivity index (χ1v) is 12.0. The highest BCUT2D eigenvalue weighted by atomic mass is 32.2. The first-order valence-electron chi connectivity index (χ1n) is 11.0. The molecule has 3 aliphatic rings. The van der Waals surface area contributed by atoms with E-state index in [-0.39, 0.29) is 11.5 Å². The minimum absolute atomic E-state index is 0.0570. The van der Waals surface area contributed by atoms with Crippen molar-refractivity contribution in [3.8, 4) is 0 Å². The number of thioether (sulfide) groups is 1. The first-order chi connectivity index (χ1) is 15.4. The van der Waals surface area contributed by atoms with Gasteiger partial charge in [-0.05, 0) is 73.1 Å². The van der Waals surface area contributed by atoms with Gasteiger partial charge in [0.05, 0.1) is 5.56 Å². The number of hydrogen-bond donors (Lipinski definition) is 1. The van der Waals surface area contributed by atoms with Gasteiger partial charge in [-0.15, -0.1) is 10.2 Å². The number of aromatic nitrogens is 3. The molecule has 2 aliphatic carbocycles. The molecule has 1 aromatic heterocycles. The second kappa shape index (κ2) is 8.24. The second-order valence-corrected chi connectivity index (χ2v) is 10.2. The van der Waals surface area contributed by atoms with Crippen LogP contribution in [0.4, 0.5) is 13.2 Å². The maximum atomic E-state index is 12.9. The summed E-state index contributed by atoms with van der Waals surface area (Å²) >= 11 is 1.72. The Morgan fingerprint density at radius 3 is 2.72 bits per heavy atom. The minimum Gasteiger partial charge on any atom is -0.307 e. The lowest BCUT2D eigenvalue weighted by molar-refractivity contribution is -0.137. The molecule has 2 fully saturated rings. The average Bonchev–Trinajstić information content (AvgIpc) is 3.16. The number of alkyl halides is 3. The van der Waals surface area contributed by atoms with E-state index in [1.165, 1.54) is 18.6 Å². The fourth-order valence-electron chi connectivity index (χ4n) is 5.40. The Morgan fingerprint density at radius 2 is 2.00 bits per heavy atom. The van der Waals surface area contributed by atoms with E-state index in [0.29, 0.717) is 11.8 Å². The predicted molar refractivity (Wildman–Crippen MR) is 118 cm³/mol. The van der Waals surface area contributed by atoms with Crippen LogP contribution in [-0.2, 0) is 18.6 Å². The third-order valence-electron chi connectivity index (χ3n) is 7.10. The van der Waals surface area contributed by atoms with Gasteiger partial charge in [-0.2, -0.15) is 18.3 Å². The van der Waals surface area contributed by atoms with Gasteiger partial charge >= 0.3 is 6.18 Å². The molecule has 1 aromatic carbocycles.